The second-order valence-electron chi connectivity index (χ2n) is 3.24. The van der Waals surface area contributed by atoms with Gasteiger partial charge in [0.15, 0.2) is 0 Å². The van der Waals surface area contributed by atoms with Gasteiger partial charge in [-0.2, -0.15) is 0 Å². The maximum absolute atomic E-state index is 11.0. The lowest BCUT2D eigenvalue weighted by Gasteiger charge is -2.10. The fourth-order valence-corrected chi connectivity index (χ4v) is 1.86. The monoisotopic (exact) mass is 229 g/mol. The van der Waals surface area contributed by atoms with Crippen molar-refractivity contribution in [2.75, 3.05) is 16.4 Å². The van der Waals surface area contributed by atoms with Crippen molar-refractivity contribution in [1.82, 2.24) is 0 Å². The summed E-state index contributed by atoms with van der Waals surface area (Å²) >= 11 is 0. The molecule has 1 aromatic rings. The van der Waals surface area contributed by atoms with Crippen molar-refractivity contribution < 1.29 is 8.42 Å². The quantitative estimate of drug-likeness (QED) is 0.529. The largest absolute Gasteiger partial charge is 0.324 e. The van der Waals surface area contributed by atoms with E-state index >= 15 is 0 Å². The third kappa shape index (κ3) is 3.41. The molecule has 1 aromatic carbocycles. The molecule has 5 nitrogen and oxygen atoms in total. The number of nitrogens with two attached hydrogens (primary N) is 1. The maximum Gasteiger partial charge on any atom is 0.229 e. The Bertz CT molecular complexity index is 443. The SMILES string of the molecule is CCc1cc(NS(C)(=O)=O)ccc1NN. The number of aryl methyl sites for hydroxylation is 1. The zero-order chi connectivity index (χ0) is 11.5. The Labute approximate surface area is 89.7 Å². The number of hydrogen-bond donors (Lipinski definition) is 3. The topological polar surface area (TPSA) is 84.2 Å². The van der Waals surface area contributed by atoms with E-state index in [1.807, 2.05) is 6.92 Å². The Hall–Kier alpha value is -1.27. The van der Waals surface area contributed by atoms with Crippen molar-refractivity contribution in [3.8, 4) is 0 Å². The predicted octanol–water partition coefficient (Wildman–Crippen LogP) is 0.906. The Morgan fingerprint density at radius 2 is 2.07 bits per heavy atom. The van der Waals surface area contributed by atoms with Gasteiger partial charge >= 0.3 is 0 Å². The van der Waals surface area contributed by atoms with Gasteiger partial charge in [-0.3, -0.25) is 10.6 Å². The van der Waals surface area contributed by atoms with Gasteiger partial charge in [0.2, 0.25) is 10.0 Å². The van der Waals surface area contributed by atoms with E-state index in [1.54, 1.807) is 18.2 Å². The van der Waals surface area contributed by atoms with Gasteiger partial charge in [-0.15, -0.1) is 0 Å². The molecule has 0 atom stereocenters. The number of hydrogen-bond acceptors (Lipinski definition) is 4. The lowest BCUT2D eigenvalue weighted by atomic mass is 10.1. The molecule has 0 fully saturated rings. The Kier molecular flexibility index (Phi) is 3.54. The van der Waals surface area contributed by atoms with Gasteiger partial charge in [0, 0.05) is 5.69 Å². The molecule has 4 N–H and O–H groups in total. The number of nitrogen functional groups attached to an aromatic ring is 1. The highest BCUT2D eigenvalue weighted by Gasteiger charge is 2.04. The number of rotatable bonds is 4. The molecule has 0 aromatic heterocycles. The summed E-state index contributed by atoms with van der Waals surface area (Å²) in [7, 11) is -3.22. The minimum atomic E-state index is -3.22. The van der Waals surface area contributed by atoms with Crippen molar-refractivity contribution in [1.29, 1.82) is 0 Å². The summed E-state index contributed by atoms with van der Waals surface area (Å²) in [5.41, 5.74) is 4.88. The van der Waals surface area contributed by atoms with Crippen LogP contribution in [0.4, 0.5) is 11.4 Å². The lowest BCUT2D eigenvalue weighted by molar-refractivity contribution is 0.607. The molecule has 1 rings (SSSR count). The smallest absolute Gasteiger partial charge is 0.229 e. The number of nitrogens with one attached hydrogen (secondary N) is 2. The summed E-state index contributed by atoms with van der Waals surface area (Å²) in [4.78, 5) is 0. The molecule has 15 heavy (non-hydrogen) atoms. The summed E-state index contributed by atoms with van der Waals surface area (Å²) in [6.45, 7) is 1.97. The first-order valence-electron chi connectivity index (χ1n) is 4.53. The van der Waals surface area contributed by atoms with Crippen LogP contribution in [0.1, 0.15) is 12.5 Å². The minimum absolute atomic E-state index is 0.549. The van der Waals surface area contributed by atoms with Gasteiger partial charge in [-0.25, -0.2) is 8.42 Å². The Morgan fingerprint density at radius 3 is 2.53 bits per heavy atom. The maximum atomic E-state index is 11.0. The van der Waals surface area contributed by atoms with Gasteiger partial charge in [-0.05, 0) is 30.2 Å². The van der Waals surface area contributed by atoms with Gasteiger partial charge < -0.3 is 5.43 Å². The van der Waals surface area contributed by atoms with Gasteiger partial charge in [0.05, 0.1) is 11.9 Å². The van der Waals surface area contributed by atoms with Gasteiger partial charge in [0.1, 0.15) is 0 Å². The highest BCUT2D eigenvalue weighted by atomic mass is 32.2. The minimum Gasteiger partial charge on any atom is -0.324 e. The van der Waals surface area contributed by atoms with E-state index in [0.29, 0.717) is 5.69 Å². The first-order valence-corrected chi connectivity index (χ1v) is 6.42. The molecule has 0 saturated heterocycles. The van der Waals surface area contributed by atoms with E-state index in [2.05, 4.69) is 10.1 Å². The lowest BCUT2D eigenvalue weighted by Crippen LogP contribution is -2.12. The van der Waals surface area contributed by atoms with Crippen LogP contribution in [0.25, 0.3) is 0 Å². The summed E-state index contributed by atoms with van der Waals surface area (Å²) in [6, 6.07) is 5.16. The molecule has 0 aliphatic rings. The van der Waals surface area contributed by atoms with Crippen molar-refractivity contribution in [2.45, 2.75) is 13.3 Å². The molecule has 0 spiro atoms. The first kappa shape index (κ1) is 11.8. The van der Waals surface area contributed by atoms with Crippen LogP contribution in [0, 0.1) is 0 Å². The fraction of sp³-hybridized carbons (Fsp3) is 0.333. The number of benzene rings is 1. The van der Waals surface area contributed by atoms with Crippen molar-refractivity contribution >= 4 is 21.4 Å². The highest BCUT2D eigenvalue weighted by Crippen LogP contribution is 2.20. The van der Waals surface area contributed by atoms with E-state index in [1.165, 1.54) is 0 Å². The average Bonchev–Trinajstić information content (AvgIpc) is 2.15. The van der Waals surface area contributed by atoms with Crippen LogP contribution in [0.5, 0.6) is 0 Å². The van der Waals surface area contributed by atoms with E-state index in [-0.39, 0.29) is 0 Å². The molecule has 0 heterocycles. The molecule has 0 aliphatic carbocycles. The normalized spacial score (nSPS) is 11.1. The van der Waals surface area contributed by atoms with Crippen LogP contribution in [-0.4, -0.2) is 14.7 Å². The summed E-state index contributed by atoms with van der Waals surface area (Å²) in [6.07, 6.45) is 1.90. The molecule has 0 bridgehead atoms. The molecule has 84 valence electrons. The molecule has 0 amide bonds. The number of sulfonamides is 1. The van der Waals surface area contributed by atoms with Crippen LogP contribution in [0.2, 0.25) is 0 Å². The van der Waals surface area contributed by atoms with E-state index in [4.69, 9.17) is 5.84 Å². The zero-order valence-electron chi connectivity index (χ0n) is 8.74. The predicted molar refractivity (Wildman–Crippen MR) is 62.1 cm³/mol. The van der Waals surface area contributed by atoms with Crippen LogP contribution < -0.4 is 16.0 Å². The van der Waals surface area contributed by atoms with E-state index in [9.17, 15) is 8.42 Å². The Balaban J connectivity index is 3.03. The molecule has 0 saturated carbocycles. The summed E-state index contributed by atoms with van der Waals surface area (Å²) in [5, 5.41) is 0. The second-order valence-corrected chi connectivity index (χ2v) is 4.99. The van der Waals surface area contributed by atoms with Crippen molar-refractivity contribution in [3.05, 3.63) is 23.8 Å². The third-order valence-corrected chi connectivity index (χ3v) is 2.55. The summed E-state index contributed by atoms with van der Waals surface area (Å²) < 4.78 is 24.4. The van der Waals surface area contributed by atoms with Crippen LogP contribution in [0.15, 0.2) is 18.2 Å². The average molecular weight is 229 g/mol. The van der Waals surface area contributed by atoms with E-state index in [0.717, 1.165) is 23.9 Å². The molecule has 0 aliphatic heterocycles. The number of hydrazine groups is 1. The molecular weight excluding hydrogens is 214 g/mol. The third-order valence-electron chi connectivity index (χ3n) is 1.94. The van der Waals surface area contributed by atoms with Crippen molar-refractivity contribution in [3.63, 3.8) is 0 Å². The fourth-order valence-electron chi connectivity index (χ4n) is 1.30. The molecule has 6 heteroatoms. The zero-order valence-corrected chi connectivity index (χ0v) is 9.56. The van der Waals surface area contributed by atoms with Crippen LogP contribution in [-0.2, 0) is 16.4 Å². The van der Waals surface area contributed by atoms with Gasteiger partial charge in [-0.1, -0.05) is 6.92 Å². The molecule has 0 radical (unpaired) electrons. The number of anilines is 2. The van der Waals surface area contributed by atoms with Crippen molar-refractivity contribution in [2.24, 2.45) is 5.84 Å². The molecular formula is C9H15N3O2S. The highest BCUT2D eigenvalue weighted by molar-refractivity contribution is 7.92. The first-order chi connectivity index (χ1) is 6.96. The summed E-state index contributed by atoms with van der Waals surface area (Å²) in [5.74, 6) is 5.31. The van der Waals surface area contributed by atoms with Crippen LogP contribution >= 0.6 is 0 Å². The standard InChI is InChI=1S/C9H15N3O2S/c1-3-7-6-8(12-15(2,13)14)4-5-9(7)11-10/h4-6,11-12H,3,10H2,1-2H3. The van der Waals surface area contributed by atoms with E-state index < -0.39 is 10.0 Å². The Morgan fingerprint density at radius 1 is 1.40 bits per heavy atom. The van der Waals surface area contributed by atoms with Gasteiger partial charge in [0.25, 0.3) is 0 Å². The molecule has 0 unspecified atom stereocenters. The second kappa shape index (κ2) is 4.50. The van der Waals surface area contributed by atoms with Crippen LogP contribution in [0.3, 0.4) is 0 Å².